The number of fused-ring (bicyclic) bond motifs is 1. The Bertz CT molecular complexity index is 1340. The quantitative estimate of drug-likeness (QED) is 0.446. The molecule has 1 fully saturated rings. The smallest absolute Gasteiger partial charge is 0.176 e. The van der Waals surface area contributed by atoms with Gasteiger partial charge in [0.05, 0.1) is 17.3 Å². The van der Waals surface area contributed by atoms with Crippen LogP contribution in [0.5, 0.6) is 0 Å². The van der Waals surface area contributed by atoms with Crippen LogP contribution in [0.15, 0.2) is 51.5 Å². The Hall–Kier alpha value is -2.93. The average Bonchev–Trinajstić information content (AvgIpc) is 3.72. The van der Waals surface area contributed by atoms with E-state index >= 15 is 4.39 Å². The first-order valence-corrected chi connectivity index (χ1v) is 13.8. The van der Waals surface area contributed by atoms with Crippen molar-refractivity contribution in [2.45, 2.75) is 80.7 Å². The molecule has 0 radical (unpaired) electrons. The second kappa shape index (κ2) is 9.85. The first kappa shape index (κ1) is 23.5. The molecule has 1 aliphatic heterocycles. The highest BCUT2D eigenvalue weighted by atomic mass is 32.2. The second-order valence-corrected chi connectivity index (χ2v) is 11.3. The number of aryl methyl sites for hydroxylation is 3. The van der Waals surface area contributed by atoms with Gasteiger partial charge in [0.25, 0.3) is 0 Å². The van der Waals surface area contributed by atoms with Gasteiger partial charge in [-0.3, -0.25) is 0 Å². The van der Waals surface area contributed by atoms with Crippen LogP contribution in [0.3, 0.4) is 0 Å². The van der Waals surface area contributed by atoms with Crippen LogP contribution in [-0.2, 0) is 24.1 Å². The third-order valence-corrected chi connectivity index (χ3v) is 8.42. The summed E-state index contributed by atoms with van der Waals surface area (Å²) in [5, 5.41) is 17.9. The molecule has 2 aliphatic carbocycles. The average molecular weight is 503 g/mol. The van der Waals surface area contributed by atoms with Crippen molar-refractivity contribution in [2.24, 2.45) is 5.16 Å². The molecule has 7 heteroatoms. The van der Waals surface area contributed by atoms with Crippen LogP contribution >= 0.6 is 11.8 Å². The number of aromatic nitrogens is 2. The van der Waals surface area contributed by atoms with Gasteiger partial charge in [0.15, 0.2) is 5.84 Å². The Morgan fingerprint density at radius 1 is 1.08 bits per heavy atom. The van der Waals surface area contributed by atoms with Gasteiger partial charge in [0.2, 0.25) is 0 Å². The van der Waals surface area contributed by atoms with E-state index in [1.54, 1.807) is 0 Å². The van der Waals surface area contributed by atoms with Crippen molar-refractivity contribution in [3.8, 4) is 0 Å². The summed E-state index contributed by atoms with van der Waals surface area (Å²) in [6.07, 6.45) is 7.00. The van der Waals surface area contributed by atoms with Crippen molar-refractivity contribution >= 4 is 17.6 Å². The molecular formula is C29H31FN4OS. The first-order chi connectivity index (χ1) is 17.6. The molecule has 1 N–H and O–H groups in total. The number of nitrogens with zero attached hydrogens (tertiary/aromatic N) is 3. The van der Waals surface area contributed by atoms with E-state index in [4.69, 9.17) is 4.84 Å². The van der Waals surface area contributed by atoms with Gasteiger partial charge in [0, 0.05) is 4.90 Å². The maximum atomic E-state index is 15.4. The van der Waals surface area contributed by atoms with Crippen LogP contribution in [0.2, 0.25) is 0 Å². The van der Waals surface area contributed by atoms with Gasteiger partial charge < -0.3 is 10.2 Å². The highest BCUT2D eigenvalue weighted by molar-refractivity contribution is 7.99. The van der Waals surface area contributed by atoms with Crippen molar-refractivity contribution in [2.75, 3.05) is 6.61 Å². The molecule has 0 bridgehead atoms. The molecule has 0 saturated heterocycles. The third kappa shape index (κ3) is 4.73. The lowest BCUT2D eigenvalue weighted by Crippen LogP contribution is -2.44. The van der Waals surface area contributed by atoms with E-state index in [9.17, 15) is 0 Å². The first-order valence-electron chi connectivity index (χ1n) is 12.9. The van der Waals surface area contributed by atoms with Crippen LogP contribution in [-0.4, -0.2) is 28.7 Å². The summed E-state index contributed by atoms with van der Waals surface area (Å²) < 4.78 is 15.4. The topological polar surface area (TPSA) is 59.4 Å². The van der Waals surface area contributed by atoms with Crippen molar-refractivity contribution in [1.82, 2.24) is 15.5 Å². The molecule has 6 rings (SSSR count). The minimum Gasteiger partial charge on any atom is -0.392 e. The molecule has 186 valence electrons. The van der Waals surface area contributed by atoms with Crippen LogP contribution in [0.1, 0.15) is 70.7 Å². The molecule has 5 nitrogen and oxygen atoms in total. The van der Waals surface area contributed by atoms with Crippen molar-refractivity contribution < 1.29 is 9.23 Å². The highest BCUT2D eigenvalue weighted by Crippen LogP contribution is 2.44. The predicted octanol–water partition coefficient (Wildman–Crippen LogP) is 6.03. The minimum absolute atomic E-state index is 0.0825. The Morgan fingerprint density at radius 2 is 1.94 bits per heavy atom. The number of halogens is 1. The largest absolute Gasteiger partial charge is 0.392 e. The lowest BCUT2D eigenvalue weighted by molar-refractivity contribution is 0.109. The van der Waals surface area contributed by atoms with Crippen molar-refractivity contribution in [3.63, 3.8) is 0 Å². The molecule has 0 amide bonds. The fourth-order valence-corrected chi connectivity index (χ4v) is 6.28. The van der Waals surface area contributed by atoms with E-state index in [1.165, 1.54) is 34.0 Å². The van der Waals surface area contributed by atoms with Crippen molar-refractivity contribution in [1.29, 1.82) is 0 Å². The lowest BCUT2D eigenvalue weighted by Gasteiger charge is -2.28. The monoisotopic (exact) mass is 502 g/mol. The number of hydrogen-bond donors (Lipinski definition) is 1. The Labute approximate surface area is 215 Å². The maximum absolute atomic E-state index is 15.4. The maximum Gasteiger partial charge on any atom is 0.176 e. The number of rotatable bonds is 6. The molecule has 3 aromatic rings. The Balaban J connectivity index is 1.33. The number of nitrogens with one attached hydrogen (secondary N) is 1. The summed E-state index contributed by atoms with van der Waals surface area (Å²) in [5.74, 6) is 0.909. The standard InChI is InChI=1S/C29H31FN4OS/c1-17-10-11-20(18(2)14-17)15-21-16-35-34-28(31-21)26-23-6-3-4-8-24(23)32-33-29(26)36-25-9-5-7-22(27(25)30)19-12-13-19/h5,7,9-11,14,19,21H,3-4,6,8,12-13,15-16H2,1-2H3,(H,31,34). The van der Waals surface area contributed by atoms with Gasteiger partial charge in [-0.05, 0) is 93.0 Å². The lowest BCUT2D eigenvalue weighted by atomic mass is 9.92. The number of hydrogen-bond acceptors (Lipinski definition) is 6. The number of benzene rings is 2. The van der Waals surface area contributed by atoms with Crippen LogP contribution in [0.4, 0.5) is 4.39 Å². The van der Waals surface area contributed by atoms with Gasteiger partial charge in [-0.2, -0.15) is 5.10 Å². The molecule has 1 unspecified atom stereocenters. The zero-order valence-electron chi connectivity index (χ0n) is 20.8. The zero-order chi connectivity index (χ0) is 24.6. The van der Waals surface area contributed by atoms with Crippen LogP contribution < -0.4 is 5.32 Å². The van der Waals surface area contributed by atoms with E-state index in [2.05, 4.69) is 52.7 Å². The van der Waals surface area contributed by atoms with E-state index in [-0.39, 0.29) is 11.9 Å². The summed E-state index contributed by atoms with van der Waals surface area (Å²) in [4.78, 5) is 6.35. The van der Waals surface area contributed by atoms with Gasteiger partial charge in [-0.15, -0.1) is 5.10 Å². The van der Waals surface area contributed by atoms with E-state index in [0.29, 0.717) is 28.3 Å². The van der Waals surface area contributed by atoms with Gasteiger partial charge >= 0.3 is 0 Å². The van der Waals surface area contributed by atoms with Crippen molar-refractivity contribution in [3.05, 3.63) is 81.3 Å². The Morgan fingerprint density at radius 3 is 2.78 bits per heavy atom. The predicted molar refractivity (Wildman–Crippen MR) is 140 cm³/mol. The SMILES string of the molecule is Cc1ccc(CC2CON=C(c3c(Sc4cccc(C5CC5)c4F)nnc4c3CCCC4)N2)c(C)c1. The molecule has 1 aromatic heterocycles. The zero-order valence-corrected chi connectivity index (χ0v) is 21.6. The normalized spacial score (nSPS) is 19.2. The Kier molecular flexibility index (Phi) is 6.42. The molecule has 2 aromatic carbocycles. The third-order valence-electron chi connectivity index (χ3n) is 7.41. The fourth-order valence-electron chi connectivity index (χ4n) is 5.31. The summed E-state index contributed by atoms with van der Waals surface area (Å²) in [6.45, 7) is 4.77. The number of oxime groups is 1. The summed E-state index contributed by atoms with van der Waals surface area (Å²) in [6, 6.07) is 12.4. The molecule has 3 aliphatic rings. The van der Waals surface area contributed by atoms with Crippen LogP contribution in [0.25, 0.3) is 0 Å². The van der Waals surface area contributed by atoms with E-state index < -0.39 is 0 Å². The molecule has 36 heavy (non-hydrogen) atoms. The molecule has 0 spiro atoms. The van der Waals surface area contributed by atoms with Gasteiger partial charge in [-0.1, -0.05) is 52.8 Å². The fraction of sp³-hybridized carbons (Fsp3) is 0.414. The minimum atomic E-state index is -0.127. The van der Waals surface area contributed by atoms with Crippen LogP contribution in [0, 0.1) is 19.7 Å². The summed E-state index contributed by atoms with van der Waals surface area (Å²) >= 11 is 1.35. The van der Waals surface area contributed by atoms with Gasteiger partial charge in [-0.25, -0.2) is 4.39 Å². The summed E-state index contributed by atoms with van der Waals surface area (Å²) in [7, 11) is 0. The molecule has 1 atom stereocenters. The molecular weight excluding hydrogens is 471 g/mol. The molecule has 2 heterocycles. The number of amidine groups is 1. The highest BCUT2D eigenvalue weighted by Gasteiger charge is 2.30. The van der Waals surface area contributed by atoms with E-state index in [0.717, 1.165) is 61.8 Å². The second-order valence-electron chi connectivity index (χ2n) is 10.3. The summed E-state index contributed by atoms with van der Waals surface area (Å²) in [5.41, 5.74) is 7.77. The van der Waals surface area contributed by atoms with Gasteiger partial charge in [0.1, 0.15) is 17.5 Å². The van der Waals surface area contributed by atoms with E-state index in [1.807, 2.05) is 18.2 Å². The molecule has 1 saturated carbocycles.